The van der Waals surface area contributed by atoms with Gasteiger partial charge in [-0.2, -0.15) is 0 Å². The van der Waals surface area contributed by atoms with Gasteiger partial charge in [0.25, 0.3) is 0 Å². The summed E-state index contributed by atoms with van der Waals surface area (Å²) in [6, 6.07) is 32.9. The molecule has 1 heterocycles. The number of hydrogen-bond donors (Lipinski definition) is 1. The average molecular weight is 541 g/mol. The van der Waals surface area contributed by atoms with Crippen LogP contribution in [0.15, 0.2) is 97.1 Å². The van der Waals surface area contributed by atoms with E-state index in [1.165, 1.54) is 10.4 Å². The van der Waals surface area contributed by atoms with Gasteiger partial charge in [0.05, 0.1) is 13.2 Å². The molecule has 0 aliphatic carbocycles. The second kappa shape index (κ2) is 11.3. The van der Waals surface area contributed by atoms with Gasteiger partial charge in [-0.15, -0.1) is 0 Å². The van der Waals surface area contributed by atoms with Gasteiger partial charge in [0.1, 0.15) is 11.9 Å². The molecule has 0 fully saturated rings. The van der Waals surface area contributed by atoms with E-state index in [1.54, 1.807) is 0 Å². The number of hydrogen-bond acceptors (Lipinski definition) is 5. The molecule has 0 aromatic heterocycles. The number of fused-ring (bicyclic) bond motifs is 1. The summed E-state index contributed by atoms with van der Waals surface area (Å²) in [6.07, 6.45) is -0.911. The van der Waals surface area contributed by atoms with Gasteiger partial charge in [-0.05, 0) is 34.0 Å². The summed E-state index contributed by atoms with van der Waals surface area (Å²) in [6.45, 7) is 9.35. The van der Waals surface area contributed by atoms with E-state index in [-0.39, 0.29) is 18.4 Å². The molecule has 5 nitrogen and oxygen atoms in total. The molecule has 6 heteroatoms. The maximum atomic E-state index is 11.3. The quantitative estimate of drug-likeness (QED) is 0.268. The average Bonchev–Trinajstić information content (AvgIpc) is 3.44. The van der Waals surface area contributed by atoms with Crippen LogP contribution in [0.4, 0.5) is 0 Å². The fourth-order valence-corrected chi connectivity index (χ4v) is 9.79. The van der Waals surface area contributed by atoms with E-state index in [0.717, 1.165) is 11.1 Å². The Morgan fingerprint density at radius 3 is 1.92 bits per heavy atom. The first-order valence-electron chi connectivity index (χ1n) is 13.3. The minimum atomic E-state index is -2.89. The van der Waals surface area contributed by atoms with Gasteiger partial charge in [-0.1, -0.05) is 112 Å². The number of aliphatic hydroxyl groups is 1. The minimum absolute atomic E-state index is 0.101. The van der Waals surface area contributed by atoms with Crippen LogP contribution in [0.5, 0.6) is 17.2 Å². The minimum Gasteiger partial charge on any atom is -0.534 e. The van der Waals surface area contributed by atoms with Gasteiger partial charge in [-0.25, -0.2) is 0 Å². The van der Waals surface area contributed by atoms with Crippen LogP contribution in [0.2, 0.25) is 5.04 Å². The smallest absolute Gasteiger partial charge is 0.319 e. The summed E-state index contributed by atoms with van der Waals surface area (Å²) in [5.74, 6) is 1.85. The van der Waals surface area contributed by atoms with E-state index in [9.17, 15) is 5.11 Å². The molecular weight excluding hydrogens is 504 g/mol. The molecule has 0 bridgehead atoms. The van der Waals surface area contributed by atoms with E-state index in [0.29, 0.717) is 29.4 Å². The summed E-state index contributed by atoms with van der Waals surface area (Å²) < 4.78 is 24.9. The first kappa shape index (κ1) is 27.0. The lowest BCUT2D eigenvalue weighted by Gasteiger charge is -2.43. The highest BCUT2D eigenvalue weighted by Gasteiger charge is 2.52. The summed E-state index contributed by atoms with van der Waals surface area (Å²) in [5.41, 5.74) is 2.51. The van der Waals surface area contributed by atoms with E-state index in [1.807, 2.05) is 55.5 Å². The molecule has 1 atom stereocenters. The van der Waals surface area contributed by atoms with Gasteiger partial charge < -0.3 is 23.7 Å². The van der Waals surface area contributed by atoms with Crippen molar-refractivity contribution < 1.29 is 23.7 Å². The lowest BCUT2D eigenvalue weighted by Crippen LogP contribution is -2.68. The predicted octanol–water partition coefficient (Wildman–Crippen LogP) is 5.91. The highest BCUT2D eigenvalue weighted by molar-refractivity contribution is 7.00. The molecule has 0 unspecified atom stereocenters. The zero-order valence-electron chi connectivity index (χ0n) is 23.0. The van der Waals surface area contributed by atoms with Crippen LogP contribution in [0.1, 0.15) is 43.6 Å². The molecule has 1 N–H and O–H groups in total. The summed E-state index contributed by atoms with van der Waals surface area (Å²) in [5, 5.41) is 13.4. The molecule has 1 aliphatic rings. The first-order valence-corrected chi connectivity index (χ1v) is 15.2. The Labute approximate surface area is 232 Å². The maximum Gasteiger partial charge on any atom is 0.319 e. The molecule has 5 rings (SSSR count). The Kier molecular flexibility index (Phi) is 7.80. The van der Waals surface area contributed by atoms with Crippen molar-refractivity contribution in [3.63, 3.8) is 0 Å². The fraction of sp³-hybridized carbons (Fsp3) is 0.273. The molecule has 0 spiro atoms. The number of benzene rings is 4. The Hall–Kier alpha value is -3.58. The Balaban J connectivity index is 1.56. The van der Waals surface area contributed by atoms with Gasteiger partial charge >= 0.3 is 8.32 Å². The number of aliphatic hydroxyl groups excluding tert-OH is 1. The highest BCUT2D eigenvalue weighted by Crippen LogP contribution is 2.47. The van der Waals surface area contributed by atoms with Crippen LogP contribution >= 0.6 is 0 Å². The van der Waals surface area contributed by atoms with Crippen LogP contribution in [-0.2, 0) is 11.3 Å². The van der Waals surface area contributed by atoms with Crippen molar-refractivity contribution in [2.24, 2.45) is 0 Å². The third-order valence-electron chi connectivity index (χ3n) is 7.30. The molecule has 0 saturated heterocycles. The molecule has 1 aliphatic heterocycles. The molecule has 0 amide bonds. The molecule has 39 heavy (non-hydrogen) atoms. The Morgan fingerprint density at radius 1 is 0.821 bits per heavy atom. The second-order valence-corrected chi connectivity index (χ2v) is 15.2. The summed E-state index contributed by atoms with van der Waals surface area (Å²) >= 11 is 0. The fourth-order valence-electron chi connectivity index (χ4n) is 5.32. The normalized spacial score (nSPS) is 13.8. The number of ether oxygens (including phenoxy) is 3. The van der Waals surface area contributed by atoms with Gasteiger partial charge in [0.15, 0.2) is 11.5 Å². The van der Waals surface area contributed by atoms with Crippen molar-refractivity contribution >= 4 is 18.7 Å². The lowest BCUT2D eigenvalue weighted by atomic mass is 10.0. The van der Waals surface area contributed by atoms with Crippen molar-refractivity contribution in [2.75, 3.05) is 13.4 Å². The standard InChI is InChI=1S/C33H36O5Si/c1-24-30(38-39(33(2,3)4,26-16-10-6-11-17-26)27-18-12-7-13-19-27)20-28(32-31(24)36-23-37-32)29(34)22-35-21-25-14-8-5-9-15-25/h5-20,29,34H,21-23H2,1-4H3/t29-/m0/s1. The van der Waals surface area contributed by atoms with E-state index in [4.69, 9.17) is 18.6 Å². The molecule has 0 radical (unpaired) electrons. The Morgan fingerprint density at radius 2 is 1.36 bits per heavy atom. The second-order valence-electron chi connectivity index (χ2n) is 10.9. The lowest BCUT2D eigenvalue weighted by molar-refractivity contribution is 0.0263. The van der Waals surface area contributed by atoms with E-state index >= 15 is 0 Å². The van der Waals surface area contributed by atoms with Gasteiger partial charge in [0, 0.05) is 11.1 Å². The van der Waals surface area contributed by atoms with Crippen LogP contribution in [0, 0.1) is 6.92 Å². The SMILES string of the molecule is Cc1c(O[Si](c2ccccc2)(c2ccccc2)C(C)(C)C)cc([C@@H](O)COCc2ccccc2)c2c1OCO2. The van der Waals surface area contributed by atoms with Gasteiger partial charge in [-0.3, -0.25) is 0 Å². The van der Waals surface area contributed by atoms with E-state index in [2.05, 4.69) is 69.3 Å². The van der Waals surface area contributed by atoms with Crippen LogP contribution in [-0.4, -0.2) is 26.8 Å². The molecule has 4 aromatic rings. The predicted molar refractivity (Wildman–Crippen MR) is 157 cm³/mol. The van der Waals surface area contributed by atoms with Crippen molar-refractivity contribution in [1.82, 2.24) is 0 Å². The van der Waals surface area contributed by atoms with Crippen LogP contribution in [0.25, 0.3) is 0 Å². The highest BCUT2D eigenvalue weighted by atomic mass is 28.4. The first-order chi connectivity index (χ1) is 18.8. The Bertz CT molecular complexity index is 1350. The number of rotatable bonds is 9. The van der Waals surface area contributed by atoms with Crippen LogP contribution in [0.3, 0.4) is 0 Å². The van der Waals surface area contributed by atoms with Crippen molar-refractivity contribution in [3.05, 3.63) is 114 Å². The zero-order valence-corrected chi connectivity index (χ0v) is 24.0. The molecular formula is C33H36O5Si. The summed E-state index contributed by atoms with van der Waals surface area (Å²) in [7, 11) is -2.89. The molecule has 0 saturated carbocycles. The topological polar surface area (TPSA) is 57.2 Å². The third kappa shape index (κ3) is 5.32. The van der Waals surface area contributed by atoms with Crippen molar-refractivity contribution in [3.8, 4) is 17.2 Å². The monoisotopic (exact) mass is 540 g/mol. The van der Waals surface area contributed by atoms with Crippen molar-refractivity contribution in [1.29, 1.82) is 0 Å². The maximum absolute atomic E-state index is 11.3. The zero-order chi connectivity index (χ0) is 27.5. The van der Waals surface area contributed by atoms with Crippen LogP contribution < -0.4 is 24.3 Å². The largest absolute Gasteiger partial charge is 0.534 e. The molecule has 202 valence electrons. The molecule has 4 aromatic carbocycles. The van der Waals surface area contributed by atoms with Gasteiger partial charge in [0.2, 0.25) is 6.79 Å². The van der Waals surface area contributed by atoms with Crippen molar-refractivity contribution in [2.45, 2.75) is 45.4 Å². The summed E-state index contributed by atoms with van der Waals surface area (Å²) in [4.78, 5) is 0. The van der Waals surface area contributed by atoms with E-state index < -0.39 is 14.4 Å². The third-order valence-corrected chi connectivity index (χ3v) is 12.2.